The zero-order valence-corrected chi connectivity index (χ0v) is 13.6. The molecule has 128 valence electrons. The van der Waals surface area contributed by atoms with Gasteiger partial charge in [0, 0.05) is 32.7 Å². The molecule has 0 spiro atoms. The van der Waals surface area contributed by atoms with Crippen LogP contribution in [-0.4, -0.2) is 73.2 Å². The monoisotopic (exact) mass is 332 g/mol. The first-order valence-electron chi connectivity index (χ1n) is 7.76. The summed E-state index contributed by atoms with van der Waals surface area (Å²) in [6.07, 6.45) is -0.886. The normalized spacial score (nSPS) is 17.4. The molecule has 24 heavy (non-hydrogen) atoms. The van der Waals surface area contributed by atoms with Crippen LogP contribution in [0.3, 0.4) is 0 Å². The number of fused-ring (bicyclic) bond motifs is 1. The van der Waals surface area contributed by atoms with E-state index in [1.54, 1.807) is 19.2 Å². The van der Waals surface area contributed by atoms with Gasteiger partial charge in [-0.3, -0.25) is 9.69 Å². The fraction of sp³-hybridized carbons (Fsp3) is 0.412. The topological polar surface area (TPSA) is 79.3 Å². The minimum atomic E-state index is -0.886. The van der Waals surface area contributed by atoms with Crippen molar-refractivity contribution >= 4 is 17.4 Å². The summed E-state index contributed by atoms with van der Waals surface area (Å²) >= 11 is 0. The fourth-order valence-electron chi connectivity index (χ4n) is 3.10. The van der Waals surface area contributed by atoms with Gasteiger partial charge in [-0.2, -0.15) is 0 Å². The van der Waals surface area contributed by atoms with Crippen molar-refractivity contribution in [3.63, 3.8) is 0 Å². The predicted octanol–water partition coefficient (Wildman–Crippen LogP) is 1.58. The number of carbonyl (C=O) groups excluding carboxylic acids is 1. The van der Waals surface area contributed by atoms with Crippen molar-refractivity contribution in [3.05, 3.63) is 29.8 Å². The molecule has 1 fully saturated rings. The van der Waals surface area contributed by atoms with Gasteiger partial charge in [-0.25, -0.2) is 4.79 Å². The van der Waals surface area contributed by atoms with E-state index < -0.39 is 6.09 Å². The van der Waals surface area contributed by atoms with E-state index in [0.29, 0.717) is 49.8 Å². The molecule has 1 amide bonds. The fourth-order valence-corrected chi connectivity index (χ4v) is 3.10. The van der Waals surface area contributed by atoms with Gasteiger partial charge in [-0.1, -0.05) is 6.58 Å². The second-order valence-corrected chi connectivity index (χ2v) is 5.88. The van der Waals surface area contributed by atoms with Gasteiger partial charge in [-0.15, -0.1) is 0 Å². The Morgan fingerprint density at radius 2 is 2.04 bits per heavy atom. The summed E-state index contributed by atoms with van der Waals surface area (Å²) in [6, 6.07) is 3.47. The van der Waals surface area contributed by atoms with Gasteiger partial charge in [0.1, 0.15) is 11.5 Å². The zero-order valence-electron chi connectivity index (χ0n) is 13.6. The highest BCUT2D eigenvalue weighted by Gasteiger charge is 2.29. The quantitative estimate of drug-likeness (QED) is 0.902. The summed E-state index contributed by atoms with van der Waals surface area (Å²) in [5, 5.41) is 9.01. The number of rotatable bonds is 4. The molecule has 0 bridgehead atoms. The number of Topliss-reactive ketones (excluding diaryl/α,β-unsaturated/α-hetero) is 1. The highest BCUT2D eigenvalue weighted by molar-refractivity contribution is 6.04. The lowest BCUT2D eigenvalue weighted by atomic mass is 10.00. The Hall–Kier alpha value is -2.54. The molecule has 0 aromatic heterocycles. The average Bonchev–Trinajstić information content (AvgIpc) is 2.95. The summed E-state index contributed by atoms with van der Waals surface area (Å²) in [5.41, 5.74) is 2.08. The molecule has 0 atom stereocenters. The van der Waals surface area contributed by atoms with E-state index in [1.807, 2.05) is 0 Å². The van der Waals surface area contributed by atoms with E-state index in [-0.39, 0.29) is 12.4 Å². The number of ether oxygens (including phenoxy) is 2. The molecule has 7 heteroatoms. The van der Waals surface area contributed by atoms with Crippen LogP contribution in [0.1, 0.15) is 15.9 Å². The lowest BCUT2D eigenvalue weighted by Gasteiger charge is -2.33. The number of ketones is 1. The van der Waals surface area contributed by atoms with E-state index in [1.165, 1.54) is 4.90 Å². The Balaban J connectivity index is 1.76. The number of hydrogen-bond donors (Lipinski definition) is 1. The van der Waals surface area contributed by atoms with Gasteiger partial charge in [0.25, 0.3) is 0 Å². The summed E-state index contributed by atoms with van der Waals surface area (Å²) in [7, 11) is 1.57. The molecule has 0 saturated carbocycles. The van der Waals surface area contributed by atoms with E-state index in [0.717, 1.165) is 11.1 Å². The Morgan fingerprint density at radius 1 is 1.33 bits per heavy atom. The molecular weight excluding hydrogens is 312 g/mol. The molecule has 2 heterocycles. The first kappa shape index (κ1) is 16.3. The smallest absolute Gasteiger partial charge is 0.407 e. The summed E-state index contributed by atoms with van der Waals surface area (Å²) < 4.78 is 11.0. The lowest BCUT2D eigenvalue weighted by molar-refractivity contribution is 0.0960. The van der Waals surface area contributed by atoms with E-state index in [2.05, 4.69) is 11.5 Å². The van der Waals surface area contributed by atoms with E-state index >= 15 is 0 Å². The Morgan fingerprint density at radius 3 is 2.67 bits per heavy atom. The van der Waals surface area contributed by atoms with Crippen molar-refractivity contribution in [2.24, 2.45) is 0 Å². The van der Waals surface area contributed by atoms with E-state index in [4.69, 9.17) is 14.6 Å². The molecule has 0 aliphatic carbocycles. The number of carboxylic acid groups (broad SMARTS) is 1. The largest absolute Gasteiger partial charge is 0.496 e. The van der Waals surface area contributed by atoms with E-state index in [9.17, 15) is 9.59 Å². The number of benzene rings is 1. The lowest BCUT2D eigenvalue weighted by Crippen LogP contribution is -2.48. The first-order valence-corrected chi connectivity index (χ1v) is 7.76. The van der Waals surface area contributed by atoms with Gasteiger partial charge in [-0.05, 0) is 17.7 Å². The first-order chi connectivity index (χ1) is 11.5. The van der Waals surface area contributed by atoms with Crippen molar-refractivity contribution < 1.29 is 24.2 Å². The molecule has 2 aliphatic rings. The van der Waals surface area contributed by atoms with Crippen LogP contribution in [0.25, 0.3) is 5.57 Å². The molecule has 2 aliphatic heterocycles. The van der Waals surface area contributed by atoms with Crippen LogP contribution in [0.4, 0.5) is 4.79 Å². The second-order valence-electron chi connectivity index (χ2n) is 5.88. The molecule has 1 saturated heterocycles. The number of amides is 1. The Labute approximate surface area is 140 Å². The van der Waals surface area contributed by atoms with Crippen molar-refractivity contribution in [2.45, 2.75) is 0 Å². The highest BCUT2D eigenvalue weighted by atomic mass is 16.5. The van der Waals surface area contributed by atoms with Crippen LogP contribution in [0.5, 0.6) is 11.5 Å². The van der Waals surface area contributed by atoms with Crippen molar-refractivity contribution in [3.8, 4) is 11.5 Å². The standard InChI is InChI=1S/C17H20N2O5/c1-11(9-18-5-7-19(8-6-18)17(21)22)15-14(23-2)4-3-12-13(20)10-24-16(12)15/h3-4H,1,5-10H2,2H3,(H,21,22). The van der Waals surface area contributed by atoms with Crippen molar-refractivity contribution in [1.29, 1.82) is 0 Å². The maximum Gasteiger partial charge on any atom is 0.407 e. The van der Waals surface area contributed by atoms with Gasteiger partial charge in [0.05, 0.1) is 18.2 Å². The summed E-state index contributed by atoms with van der Waals surface area (Å²) in [4.78, 5) is 26.4. The van der Waals surface area contributed by atoms with Crippen molar-refractivity contribution in [1.82, 2.24) is 9.80 Å². The van der Waals surface area contributed by atoms with Crippen LogP contribution in [-0.2, 0) is 0 Å². The predicted molar refractivity (Wildman–Crippen MR) is 87.9 cm³/mol. The van der Waals surface area contributed by atoms with Crippen LogP contribution in [0.2, 0.25) is 0 Å². The number of nitrogens with zero attached hydrogens (tertiary/aromatic N) is 2. The zero-order chi connectivity index (χ0) is 17.3. The van der Waals surface area contributed by atoms with Crippen molar-refractivity contribution in [2.75, 3.05) is 46.4 Å². The Bertz CT molecular complexity index is 692. The molecule has 3 rings (SSSR count). The minimum Gasteiger partial charge on any atom is -0.496 e. The minimum absolute atomic E-state index is 0.0417. The third-order valence-electron chi connectivity index (χ3n) is 4.40. The number of carbonyl (C=O) groups is 2. The van der Waals surface area contributed by atoms with Gasteiger partial charge >= 0.3 is 6.09 Å². The molecule has 0 unspecified atom stereocenters. The summed E-state index contributed by atoms with van der Waals surface area (Å²) in [6.45, 7) is 6.98. The van der Waals surface area contributed by atoms with Gasteiger partial charge in [0.15, 0.2) is 6.61 Å². The maximum atomic E-state index is 11.9. The Kier molecular flexibility index (Phi) is 4.44. The maximum absolute atomic E-state index is 11.9. The second kappa shape index (κ2) is 6.52. The number of hydrogen-bond acceptors (Lipinski definition) is 5. The SMILES string of the molecule is C=C(CN1CCN(C(=O)O)CC1)c1c(OC)ccc2c1OCC2=O. The molecule has 0 radical (unpaired) electrons. The molecular formula is C17H20N2O5. The molecule has 1 N–H and O–H groups in total. The average molecular weight is 332 g/mol. The summed E-state index contributed by atoms with van der Waals surface area (Å²) in [5.74, 6) is 1.11. The molecule has 1 aromatic rings. The van der Waals surface area contributed by atoms with Crippen LogP contribution >= 0.6 is 0 Å². The van der Waals surface area contributed by atoms with Crippen LogP contribution < -0.4 is 9.47 Å². The number of methoxy groups -OCH3 is 1. The molecule has 1 aromatic carbocycles. The number of piperazine rings is 1. The third kappa shape index (κ3) is 2.94. The highest BCUT2D eigenvalue weighted by Crippen LogP contribution is 2.40. The molecule has 7 nitrogen and oxygen atoms in total. The van der Waals surface area contributed by atoms with Gasteiger partial charge in [0.2, 0.25) is 5.78 Å². The third-order valence-corrected chi connectivity index (χ3v) is 4.40. The van der Waals surface area contributed by atoms with Crippen LogP contribution in [0, 0.1) is 0 Å². The van der Waals surface area contributed by atoms with Crippen LogP contribution in [0.15, 0.2) is 18.7 Å². The van der Waals surface area contributed by atoms with Gasteiger partial charge < -0.3 is 19.5 Å².